The van der Waals surface area contributed by atoms with Gasteiger partial charge >= 0.3 is 12.1 Å². The van der Waals surface area contributed by atoms with Crippen LogP contribution in [0.2, 0.25) is 0 Å². The fourth-order valence-corrected chi connectivity index (χ4v) is 3.78. The standard InChI is InChI=1S/C21H28N6O3/c1-21(2,3)30-20(29)27-10-9-14(12-27)22-17-15-8-6-5-7-13(15)11-16(23-17)18-24-19(28)25-26(18)4/h5-8,11,14,18H,9-10,12H2,1-4H3,(H,22,23)(H2,24,25,28)/t14-,18?/m0/s1. The summed E-state index contributed by atoms with van der Waals surface area (Å²) in [5, 5.41) is 10.1. The average molecular weight is 412 g/mol. The summed E-state index contributed by atoms with van der Waals surface area (Å²) in [6.45, 7) is 6.79. The van der Waals surface area contributed by atoms with Gasteiger partial charge < -0.3 is 20.3 Å². The van der Waals surface area contributed by atoms with Crippen LogP contribution in [0.1, 0.15) is 39.1 Å². The maximum absolute atomic E-state index is 12.4. The number of hydrazine groups is 1. The Kier molecular flexibility index (Phi) is 5.15. The van der Waals surface area contributed by atoms with Crippen molar-refractivity contribution in [3.63, 3.8) is 0 Å². The minimum absolute atomic E-state index is 0.0673. The molecule has 3 N–H and O–H groups in total. The lowest BCUT2D eigenvalue weighted by Gasteiger charge is -2.24. The van der Waals surface area contributed by atoms with Gasteiger partial charge in [-0.1, -0.05) is 24.3 Å². The molecule has 0 bridgehead atoms. The zero-order valence-electron chi connectivity index (χ0n) is 17.7. The molecule has 30 heavy (non-hydrogen) atoms. The molecule has 2 aliphatic rings. The van der Waals surface area contributed by atoms with Crippen LogP contribution >= 0.6 is 0 Å². The molecular formula is C21H28N6O3. The number of carbonyl (C=O) groups is 2. The smallest absolute Gasteiger partial charge is 0.410 e. The van der Waals surface area contributed by atoms with E-state index in [2.05, 4.69) is 16.1 Å². The first kappa shape index (κ1) is 20.2. The fourth-order valence-electron chi connectivity index (χ4n) is 3.78. The Labute approximate surface area is 175 Å². The van der Waals surface area contributed by atoms with E-state index in [0.717, 1.165) is 28.7 Å². The molecule has 4 rings (SSSR count). The number of likely N-dealkylation sites (tertiary alicyclic amines) is 1. The van der Waals surface area contributed by atoms with E-state index in [1.807, 2.05) is 51.1 Å². The molecule has 0 spiro atoms. The van der Waals surface area contributed by atoms with Crippen molar-refractivity contribution in [3.8, 4) is 0 Å². The maximum Gasteiger partial charge on any atom is 0.410 e. The fraction of sp³-hybridized carbons (Fsp3) is 0.476. The number of hydrogen-bond donors (Lipinski definition) is 3. The first-order valence-corrected chi connectivity index (χ1v) is 10.1. The molecule has 3 amide bonds. The van der Waals surface area contributed by atoms with Crippen LogP contribution in [0.25, 0.3) is 10.8 Å². The van der Waals surface area contributed by atoms with E-state index in [0.29, 0.717) is 13.1 Å². The topological polar surface area (TPSA) is 98.8 Å². The van der Waals surface area contributed by atoms with E-state index in [-0.39, 0.29) is 24.3 Å². The van der Waals surface area contributed by atoms with Gasteiger partial charge in [0.15, 0.2) is 0 Å². The third-order valence-electron chi connectivity index (χ3n) is 5.15. The number of nitrogens with one attached hydrogen (secondary N) is 3. The molecule has 2 aromatic rings. The van der Waals surface area contributed by atoms with Crippen molar-refractivity contribution in [3.05, 3.63) is 36.0 Å². The van der Waals surface area contributed by atoms with Gasteiger partial charge in [0, 0.05) is 31.6 Å². The van der Waals surface area contributed by atoms with Crippen LogP contribution in [0.5, 0.6) is 0 Å². The Morgan fingerprint density at radius 1 is 1.30 bits per heavy atom. The van der Waals surface area contributed by atoms with Gasteiger partial charge in [-0.25, -0.2) is 14.6 Å². The minimum Gasteiger partial charge on any atom is -0.444 e. The van der Waals surface area contributed by atoms with Crippen molar-refractivity contribution in [1.29, 1.82) is 0 Å². The summed E-state index contributed by atoms with van der Waals surface area (Å²) in [6, 6.07) is 9.79. The molecule has 0 aliphatic carbocycles. The van der Waals surface area contributed by atoms with Gasteiger partial charge in [0.05, 0.1) is 5.69 Å². The molecule has 0 radical (unpaired) electrons. The summed E-state index contributed by atoms with van der Waals surface area (Å²) in [4.78, 5) is 30.6. The van der Waals surface area contributed by atoms with Gasteiger partial charge in [-0.05, 0) is 38.6 Å². The first-order valence-electron chi connectivity index (χ1n) is 10.1. The minimum atomic E-state index is -0.513. The first-order chi connectivity index (χ1) is 14.2. The second-order valence-corrected chi connectivity index (χ2v) is 8.77. The highest BCUT2D eigenvalue weighted by Gasteiger charge is 2.32. The predicted octanol–water partition coefficient (Wildman–Crippen LogP) is 2.81. The third kappa shape index (κ3) is 4.25. The number of urea groups is 1. The summed E-state index contributed by atoms with van der Waals surface area (Å²) in [5.41, 5.74) is 2.93. The van der Waals surface area contributed by atoms with E-state index >= 15 is 0 Å². The number of rotatable bonds is 3. The number of anilines is 1. The Balaban J connectivity index is 1.55. The summed E-state index contributed by atoms with van der Waals surface area (Å²) in [5.74, 6) is 0.744. The van der Waals surface area contributed by atoms with Gasteiger partial charge in [-0.3, -0.25) is 5.43 Å². The van der Waals surface area contributed by atoms with Crippen molar-refractivity contribution in [2.75, 3.05) is 25.5 Å². The zero-order valence-corrected chi connectivity index (χ0v) is 17.7. The Bertz CT molecular complexity index is 973. The van der Waals surface area contributed by atoms with E-state index < -0.39 is 5.60 Å². The monoisotopic (exact) mass is 412 g/mol. The van der Waals surface area contributed by atoms with Crippen LogP contribution in [0, 0.1) is 0 Å². The molecule has 0 saturated carbocycles. The predicted molar refractivity (Wildman–Crippen MR) is 114 cm³/mol. The largest absolute Gasteiger partial charge is 0.444 e. The number of aromatic nitrogens is 1. The highest BCUT2D eigenvalue weighted by molar-refractivity contribution is 5.92. The van der Waals surface area contributed by atoms with Gasteiger partial charge in [0.25, 0.3) is 0 Å². The van der Waals surface area contributed by atoms with Crippen molar-refractivity contribution in [1.82, 2.24) is 25.6 Å². The van der Waals surface area contributed by atoms with E-state index in [1.54, 1.807) is 17.0 Å². The molecule has 160 valence electrons. The van der Waals surface area contributed by atoms with Crippen LogP contribution in [0.4, 0.5) is 15.4 Å². The molecule has 3 heterocycles. The second kappa shape index (κ2) is 7.64. The molecule has 1 aromatic heterocycles. The number of benzene rings is 1. The van der Waals surface area contributed by atoms with E-state index in [1.165, 1.54) is 0 Å². The normalized spacial score (nSPS) is 22.1. The summed E-state index contributed by atoms with van der Waals surface area (Å²) < 4.78 is 5.49. The van der Waals surface area contributed by atoms with Crippen molar-refractivity contribution in [2.24, 2.45) is 0 Å². The third-order valence-corrected chi connectivity index (χ3v) is 5.15. The van der Waals surface area contributed by atoms with E-state index in [4.69, 9.17) is 9.72 Å². The zero-order chi connectivity index (χ0) is 21.5. The van der Waals surface area contributed by atoms with Gasteiger partial charge in [-0.2, -0.15) is 5.01 Å². The number of carbonyl (C=O) groups excluding carboxylic acids is 2. The molecule has 1 aromatic carbocycles. The van der Waals surface area contributed by atoms with Crippen LogP contribution in [-0.4, -0.2) is 58.8 Å². The molecule has 9 nitrogen and oxygen atoms in total. The quantitative estimate of drug-likeness (QED) is 0.717. The van der Waals surface area contributed by atoms with Gasteiger partial charge in [0.2, 0.25) is 0 Å². The van der Waals surface area contributed by atoms with Crippen LogP contribution in [0.3, 0.4) is 0 Å². The highest BCUT2D eigenvalue weighted by Crippen LogP contribution is 2.28. The average Bonchev–Trinajstić information content (AvgIpc) is 3.26. The molecule has 2 aliphatic heterocycles. The SMILES string of the molecule is CN1NC(=O)NC1c1cc2ccccc2c(N[C@H]2CCN(C(=O)OC(C)(C)C)C2)n1. The molecule has 2 fully saturated rings. The number of ether oxygens (including phenoxy) is 1. The maximum atomic E-state index is 12.4. The number of hydrogen-bond acceptors (Lipinski definition) is 6. The lowest BCUT2D eigenvalue weighted by molar-refractivity contribution is 0.0293. The molecule has 1 unspecified atom stereocenters. The molecule has 9 heteroatoms. The molecule has 2 saturated heterocycles. The Hall–Kier alpha value is -3.07. The van der Waals surface area contributed by atoms with Crippen LogP contribution < -0.4 is 16.1 Å². The van der Waals surface area contributed by atoms with Crippen molar-refractivity contribution >= 4 is 28.7 Å². The molecule has 2 atom stereocenters. The summed E-state index contributed by atoms with van der Waals surface area (Å²) in [6.07, 6.45) is 0.158. The number of amides is 3. The summed E-state index contributed by atoms with van der Waals surface area (Å²) >= 11 is 0. The second-order valence-electron chi connectivity index (χ2n) is 8.77. The van der Waals surface area contributed by atoms with Crippen LogP contribution in [-0.2, 0) is 4.74 Å². The van der Waals surface area contributed by atoms with Gasteiger partial charge in [0.1, 0.15) is 17.6 Å². The highest BCUT2D eigenvalue weighted by atomic mass is 16.6. The lowest BCUT2D eigenvalue weighted by Crippen LogP contribution is -2.36. The van der Waals surface area contributed by atoms with Crippen molar-refractivity contribution < 1.29 is 14.3 Å². The lowest BCUT2D eigenvalue weighted by atomic mass is 10.1. The Morgan fingerprint density at radius 3 is 2.77 bits per heavy atom. The van der Waals surface area contributed by atoms with Crippen molar-refractivity contribution in [2.45, 2.75) is 45.0 Å². The number of pyridine rings is 1. The number of fused-ring (bicyclic) bond motifs is 1. The number of nitrogens with zero attached hydrogens (tertiary/aromatic N) is 3. The molecular weight excluding hydrogens is 384 g/mol. The van der Waals surface area contributed by atoms with Gasteiger partial charge in [-0.15, -0.1) is 0 Å². The van der Waals surface area contributed by atoms with E-state index in [9.17, 15) is 9.59 Å². The summed E-state index contributed by atoms with van der Waals surface area (Å²) in [7, 11) is 1.79. The van der Waals surface area contributed by atoms with Crippen LogP contribution in [0.15, 0.2) is 30.3 Å². The Morgan fingerprint density at radius 2 is 2.07 bits per heavy atom.